The van der Waals surface area contributed by atoms with E-state index in [4.69, 9.17) is 9.47 Å². The third kappa shape index (κ3) is 3.54. The van der Waals surface area contributed by atoms with Crippen molar-refractivity contribution in [3.05, 3.63) is 60.2 Å². The highest BCUT2D eigenvalue weighted by molar-refractivity contribution is 5.77. The highest BCUT2D eigenvalue weighted by Gasteiger charge is 2.18. The number of carbonyl (C=O) groups is 1. The number of benzene rings is 2. The Hall–Kier alpha value is -2.43. The van der Waals surface area contributed by atoms with Crippen LogP contribution in [0, 0.1) is 11.6 Å². The van der Waals surface area contributed by atoms with Gasteiger partial charge in [0.15, 0.2) is 17.7 Å². The largest absolute Gasteiger partial charge is 0.476 e. The Morgan fingerprint density at radius 3 is 2.35 bits per heavy atom. The second-order valence-electron chi connectivity index (χ2n) is 4.07. The molecular weight excluding hydrogens is 266 g/mol. The molecule has 0 spiro atoms. The molecule has 0 N–H and O–H groups in total. The predicted molar refractivity (Wildman–Crippen MR) is 68.5 cm³/mol. The van der Waals surface area contributed by atoms with Crippen molar-refractivity contribution in [2.75, 3.05) is 0 Å². The maximum absolute atomic E-state index is 13.4. The predicted octanol–water partition coefficient (Wildman–Crippen LogP) is 3.34. The molecular formula is C15H12F2O3. The molecule has 2 rings (SSSR count). The molecule has 3 nitrogen and oxygen atoms in total. The zero-order chi connectivity index (χ0) is 14.5. The average molecular weight is 278 g/mol. The Morgan fingerprint density at radius 1 is 1.05 bits per heavy atom. The Labute approximate surface area is 114 Å². The van der Waals surface area contributed by atoms with Crippen LogP contribution >= 0.6 is 0 Å². The van der Waals surface area contributed by atoms with Crippen molar-refractivity contribution in [1.82, 2.24) is 0 Å². The van der Waals surface area contributed by atoms with Gasteiger partial charge in [0, 0.05) is 0 Å². The maximum Gasteiger partial charge on any atom is 0.352 e. The molecule has 20 heavy (non-hydrogen) atoms. The summed E-state index contributed by atoms with van der Waals surface area (Å²) in [5.41, 5.74) is 0. The van der Waals surface area contributed by atoms with Crippen LogP contribution in [0.2, 0.25) is 0 Å². The number of ether oxygens (including phenoxy) is 2. The Morgan fingerprint density at radius 2 is 1.70 bits per heavy atom. The molecule has 104 valence electrons. The van der Waals surface area contributed by atoms with Crippen LogP contribution in [-0.2, 0) is 4.79 Å². The van der Waals surface area contributed by atoms with Crippen molar-refractivity contribution in [3.8, 4) is 11.5 Å². The summed E-state index contributed by atoms with van der Waals surface area (Å²) in [5.74, 6) is -1.52. The smallest absolute Gasteiger partial charge is 0.352 e. The van der Waals surface area contributed by atoms with E-state index in [1.165, 1.54) is 49.4 Å². The lowest BCUT2D eigenvalue weighted by atomic mass is 10.3. The minimum absolute atomic E-state index is 0.0314. The number of carbonyl (C=O) groups excluding carboxylic acids is 1. The van der Waals surface area contributed by atoms with Crippen molar-refractivity contribution >= 4 is 5.97 Å². The summed E-state index contributed by atoms with van der Waals surface area (Å²) < 4.78 is 36.2. The first kappa shape index (κ1) is 14.0. The van der Waals surface area contributed by atoms with E-state index in [1.54, 1.807) is 6.07 Å². The van der Waals surface area contributed by atoms with Crippen LogP contribution in [0.1, 0.15) is 6.92 Å². The third-order valence-corrected chi connectivity index (χ3v) is 2.50. The van der Waals surface area contributed by atoms with Gasteiger partial charge in [0.2, 0.25) is 0 Å². The highest BCUT2D eigenvalue weighted by Crippen LogP contribution is 2.18. The molecule has 0 radical (unpaired) electrons. The molecule has 1 unspecified atom stereocenters. The molecule has 0 heterocycles. The fourth-order valence-electron chi connectivity index (χ4n) is 1.48. The number of rotatable bonds is 4. The normalized spacial score (nSPS) is 11.8. The molecule has 1 atom stereocenters. The van der Waals surface area contributed by atoms with Gasteiger partial charge in [-0.15, -0.1) is 0 Å². The molecule has 0 amide bonds. The molecule has 0 fully saturated rings. The zero-order valence-corrected chi connectivity index (χ0v) is 10.7. The summed E-state index contributed by atoms with van der Waals surface area (Å²) in [4.78, 5) is 11.7. The minimum Gasteiger partial charge on any atom is -0.476 e. The fourth-order valence-corrected chi connectivity index (χ4v) is 1.48. The number of hydrogen-bond acceptors (Lipinski definition) is 3. The number of halogens is 2. The van der Waals surface area contributed by atoms with Gasteiger partial charge in [0.05, 0.1) is 0 Å². The van der Waals surface area contributed by atoms with Gasteiger partial charge in [0.25, 0.3) is 0 Å². The lowest BCUT2D eigenvalue weighted by Crippen LogP contribution is -2.28. The zero-order valence-electron chi connectivity index (χ0n) is 10.7. The summed E-state index contributed by atoms with van der Waals surface area (Å²) in [5, 5.41) is 0. The Kier molecular flexibility index (Phi) is 4.30. The average Bonchev–Trinajstić information content (AvgIpc) is 2.44. The van der Waals surface area contributed by atoms with Gasteiger partial charge >= 0.3 is 5.97 Å². The number of esters is 1. The standard InChI is InChI=1S/C15H12F2O3/c1-10(19-14-5-3-2-4-13(14)17)15(18)20-12-8-6-11(16)7-9-12/h2-10H,1H3. The van der Waals surface area contributed by atoms with E-state index in [1.807, 2.05) is 0 Å². The first-order chi connectivity index (χ1) is 9.56. The molecule has 5 heteroatoms. The van der Waals surface area contributed by atoms with Gasteiger partial charge in [-0.1, -0.05) is 12.1 Å². The van der Waals surface area contributed by atoms with Crippen molar-refractivity contribution in [1.29, 1.82) is 0 Å². The van der Waals surface area contributed by atoms with Crippen LogP contribution in [0.5, 0.6) is 11.5 Å². The van der Waals surface area contributed by atoms with Crippen molar-refractivity contribution < 1.29 is 23.0 Å². The minimum atomic E-state index is -0.989. The second-order valence-corrected chi connectivity index (χ2v) is 4.07. The summed E-state index contributed by atoms with van der Waals surface area (Å²) in [6.07, 6.45) is -0.989. The molecule has 0 aliphatic heterocycles. The molecule has 0 saturated heterocycles. The van der Waals surface area contributed by atoms with Crippen molar-refractivity contribution in [3.63, 3.8) is 0 Å². The SMILES string of the molecule is CC(Oc1ccccc1F)C(=O)Oc1ccc(F)cc1. The topological polar surface area (TPSA) is 35.5 Å². The molecule has 0 aliphatic rings. The molecule has 0 saturated carbocycles. The first-order valence-electron chi connectivity index (χ1n) is 5.94. The summed E-state index contributed by atoms with van der Waals surface area (Å²) >= 11 is 0. The molecule has 2 aromatic carbocycles. The summed E-state index contributed by atoms with van der Waals surface area (Å²) in [7, 11) is 0. The van der Waals surface area contributed by atoms with Gasteiger partial charge in [-0.25, -0.2) is 13.6 Å². The Bertz CT molecular complexity index is 596. The van der Waals surface area contributed by atoms with Gasteiger partial charge in [-0.3, -0.25) is 0 Å². The van der Waals surface area contributed by atoms with E-state index in [2.05, 4.69) is 0 Å². The summed E-state index contributed by atoms with van der Waals surface area (Å²) in [6, 6.07) is 10.7. The fraction of sp³-hybridized carbons (Fsp3) is 0.133. The van der Waals surface area contributed by atoms with E-state index in [9.17, 15) is 13.6 Å². The van der Waals surface area contributed by atoms with Crippen molar-refractivity contribution in [2.24, 2.45) is 0 Å². The van der Waals surface area contributed by atoms with Crippen LogP contribution in [0.3, 0.4) is 0 Å². The van der Waals surface area contributed by atoms with E-state index < -0.39 is 23.7 Å². The molecule has 0 aromatic heterocycles. The van der Waals surface area contributed by atoms with E-state index in [0.29, 0.717) is 0 Å². The van der Waals surface area contributed by atoms with Crippen LogP contribution in [0.15, 0.2) is 48.5 Å². The molecule has 2 aromatic rings. The van der Waals surface area contributed by atoms with Gasteiger partial charge in [-0.2, -0.15) is 0 Å². The van der Waals surface area contributed by atoms with Crippen LogP contribution in [-0.4, -0.2) is 12.1 Å². The van der Waals surface area contributed by atoms with E-state index >= 15 is 0 Å². The third-order valence-electron chi connectivity index (χ3n) is 2.50. The molecule has 0 aliphatic carbocycles. The van der Waals surface area contributed by atoms with Crippen LogP contribution in [0.25, 0.3) is 0 Å². The lowest BCUT2D eigenvalue weighted by molar-refractivity contribution is -0.141. The van der Waals surface area contributed by atoms with E-state index in [0.717, 1.165) is 0 Å². The van der Waals surface area contributed by atoms with Crippen LogP contribution < -0.4 is 9.47 Å². The molecule has 0 bridgehead atoms. The van der Waals surface area contributed by atoms with Gasteiger partial charge in [-0.05, 0) is 43.3 Å². The number of hydrogen-bond donors (Lipinski definition) is 0. The monoisotopic (exact) mass is 278 g/mol. The second kappa shape index (κ2) is 6.14. The summed E-state index contributed by atoms with van der Waals surface area (Å²) in [6.45, 7) is 1.44. The maximum atomic E-state index is 13.4. The number of para-hydroxylation sites is 1. The Balaban J connectivity index is 1.99. The lowest BCUT2D eigenvalue weighted by Gasteiger charge is -2.14. The van der Waals surface area contributed by atoms with Gasteiger partial charge < -0.3 is 9.47 Å². The first-order valence-corrected chi connectivity index (χ1v) is 5.94. The quantitative estimate of drug-likeness (QED) is 0.635. The van der Waals surface area contributed by atoms with Crippen molar-refractivity contribution in [2.45, 2.75) is 13.0 Å². The van der Waals surface area contributed by atoms with Gasteiger partial charge in [0.1, 0.15) is 11.6 Å². The van der Waals surface area contributed by atoms with E-state index in [-0.39, 0.29) is 11.5 Å². The highest BCUT2D eigenvalue weighted by atomic mass is 19.1. The van der Waals surface area contributed by atoms with Crippen LogP contribution in [0.4, 0.5) is 8.78 Å².